The Morgan fingerprint density at radius 2 is 1.89 bits per heavy atom. The number of anilines is 1. The maximum atomic E-state index is 13.4. The van der Waals surface area contributed by atoms with Gasteiger partial charge < -0.3 is 14.7 Å². The number of aromatic nitrogens is 3. The minimum atomic E-state index is -0.260. The van der Waals surface area contributed by atoms with Crippen molar-refractivity contribution in [2.24, 2.45) is 0 Å². The van der Waals surface area contributed by atoms with Crippen LogP contribution in [0.2, 0.25) is 5.15 Å². The van der Waals surface area contributed by atoms with E-state index in [4.69, 9.17) is 16.0 Å². The van der Waals surface area contributed by atoms with Gasteiger partial charge in [-0.2, -0.15) is 0 Å². The van der Waals surface area contributed by atoms with E-state index in [1.165, 1.54) is 6.07 Å². The Morgan fingerprint density at radius 1 is 1.06 bits per heavy atom. The Balaban J connectivity index is 1.64. The first kappa shape index (κ1) is 23.5. The molecule has 180 valence electrons. The predicted molar refractivity (Wildman–Crippen MR) is 143 cm³/mol. The Morgan fingerprint density at radius 3 is 2.61 bits per heavy atom. The number of aromatic amines is 1. The molecule has 0 aliphatic rings. The third-order valence-corrected chi connectivity index (χ3v) is 6.28. The molecule has 0 spiro atoms. The Labute approximate surface area is 211 Å². The highest BCUT2D eigenvalue weighted by atomic mass is 35.5. The first-order valence-corrected chi connectivity index (χ1v) is 11.8. The van der Waals surface area contributed by atoms with Crippen molar-refractivity contribution in [1.29, 1.82) is 0 Å². The van der Waals surface area contributed by atoms with Crippen LogP contribution in [0.25, 0.3) is 33.6 Å². The summed E-state index contributed by atoms with van der Waals surface area (Å²) in [6.45, 7) is 5.71. The molecule has 0 aliphatic heterocycles. The highest BCUT2D eigenvalue weighted by molar-refractivity contribution is 6.29. The fraction of sp³-hybridized carbons (Fsp3) is 0.143. The first-order valence-electron chi connectivity index (χ1n) is 11.4. The van der Waals surface area contributed by atoms with Crippen molar-refractivity contribution in [1.82, 2.24) is 15.0 Å². The third kappa shape index (κ3) is 4.41. The fourth-order valence-corrected chi connectivity index (χ4v) is 4.45. The van der Waals surface area contributed by atoms with Gasteiger partial charge in [0.05, 0.1) is 22.8 Å². The minimum absolute atomic E-state index is 0.0747. The molecule has 2 N–H and O–H groups in total. The molecule has 0 radical (unpaired) electrons. The number of fused-ring (bicyclic) bond motifs is 1. The number of rotatable bonds is 5. The van der Waals surface area contributed by atoms with Crippen molar-refractivity contribution in [3.8, 4) is 22.6 Å². The zero-order valence-electron chi connectivity index (χ0n) is 19.9. The maximum Gasteiger partial charge on any atom is 0.247 e. The summed E-state index contributed by atoms with van der Waals surface area (Å²) in [6.07, 6.45) is 4.96. The number of pyridine rings is 3. The summed E-state index contributed by atoms with van der Waals surface area (Å²) >= 11 is 6.19. The molecule has 36 heavy (non-hydrogen) atoms. The fourth-order valence-electron chi connectivity index (χ4n) is 4.30. The third-order valence-electron chi connectivity index (χ3n) is 6.07. The van der Waals surface area contributed by atoms with Gasteiger partial charge in [-0.1, -0.05) is 17.7 Å². The number of aryl methyl sites for hydroxylation is 1. The van der Waals surface area contributed by atoms with Crippen molar-refractivity contribution in [2.45, 2.75) is 26.8 Å². The van der Waals surface area contributed by atoms with Crippen LogP contribution < -0.4 is 16.3 Å². The van der Waals surface area contributed by atoms with Gasteiger partial charge in [0.25, 0.3) is 0 Å². The van der Waals surface area contributed by atoms with E-state index in [9.17, 15) is 9.59 Å². The molecule has 0 fully saturated rings. The van der Waals surface area contributed by atoms with E-state index >= 15 is 0 Å². The summed E-state index contributed by atoms with van der Waals surface area (Å²) in [7, 11) is 0. The van der Waals surface area contributed by atoms with Crippen LogP contribution in [0.5, 0.6) is 0 Å². The van der Waals surface area contributed by atoms with Crippen LogP contribution in [-0.2, 0) is 0 Å². The van der Waals surface area contributed by atoms with Gasteiger partial charge in [0.15, 0.2) is 5.43 Å². The SMILES string of the molecule is Cc1cc(C(C)Nc2ccc(Cl)nc2-c2ccc(=O)[nH]c2)c2oc(-c3cccnc3)c(C)c(=O)c2c1. The van der Waals surface area contributed by atoms with Gasteiger partial charge in [-0.25, -0.2) is 4.98 Å². The molecule has 0 aliphatic carbocycles. The molecular formula is C28H23ClN4O3. The number of H-pyrrole nitrogens is 1. The standard InChI is InChI=1S/C28H23ClN4O3/c1-15-11-20(28-21(12-15)26(35)16(2)27(36-28)19-5-4-10-30-13-19)17(3)32-22-7-8-23(29)33-25(22)18-6-9-24(34)31-14-18/h4-14,17,32H,1-3H3,(H,31,34). The lowest BCUT2D eigenvalue weighted by molar-refractivity contribution is 0.605. The molecule has 0 saturated heterocycles. The summed E-state index contributed by atoms with van der Waals surface area (Å²) in [6, 6.07) is 14.0. The van der Waals surface area contributed by atoms with Crippen LogP contribution in [0.1, 0.15) is 29.7 Å². The Kier molecular flexibility index (Phi) is 6.16. The van der Waals surface area contributed by atoms with Gasteiger partial charge in [-0.3, -0.25) is 14.6 Å². The molecule has 1 atom stereocenters. The lowest BCUT2D eigenvalue weighted by atomic mass is 9.99. The number of benzene rings is 1. The van der Waals surface area contributed by atoms with Crippen molar-refractivity contribution in [2.75, 3.05) is 5.32 Å². The zero-order valence-corrected chi connectivity index (χ0v) is 20.7. The van der Waals surface area contributed by atoms with Gasteiger partial charge in [-0.15, -0.1) is 0 Å². The number of hydrogen-bond donors (Lipinski definition) is 2. The highest BCUT2D eigenvalue weighted by Gasteiger charge is 2.20. The average molecular weight is 499 g/mol. The largest absolute Gasteiger partial charge is 0.455 e. The van der Waals surface area contributed by atoms with Gasteiger partial charge >= 0.3 is 0 Å². The van der Waals surface area contributed by atoms with Crippen LogP contribution in [0.4, 0.5) is 5.69 Å². The molecule has 4 aromatic heterocycles. The molecule has 5 rings (SSSR count). The highest BCUT2D eigenvalue weighted by Crippen LogP contribution is 2.34. The van der Waals surface area contributed by atoms with Gasteiger partial charge in [0, 0.05) is 46.9 Å². The molecule has 4 heterocycles. The smallest absolute Gasteiger partial charge is 0.247 e. The lowest BCUT2D eigenvalue weighted by Gasteiger charge is -2.20. The average Bonchev–Trinajstić information content (AvgIpc) is 2.88. The van der Waals surface area contributed by atoms with Gasteiger partial charge in [-0.05, 0) is 62.7 Å². The second-order valence-electron chi connectivity index (χ2n) is 8.70. The molecule has 1 unspecified atom stereocenters. The van der Waals surface area contributed by atoms with E-state index in [1.807, 2.05) is 44.2 Å². The quantitative estimate of drug-likeness (QED) is 0.286. The van der Waals surface area contributed by atoms with Crippen LogP contribution in [-0.4, -0.2) is 15.0 Å². The van der Waals surface area contributed by atoms with Crippen molar-refractivity contribution in [3.63, 3.8) is 0 Å². The monoisotopic (exact) mass is 498 g/mol. The normalized spacial score (nSPS) is 12.0. The van der Waals surface area contributed by atoms with E-state index < -0.39 is 0 Å². The van der Waals surface area contributed by atoms with Gasteiger partial charge in [0.2, 0.25) is 5.56 Å². The topological polar surface area (TPSA) is 101 Å². The minimum Gasteiger partial charge on any atom is -0.455 e. The Bertz CT molecular complexity index is 1690. The predicted octanol–water partition coefficient (Wildman–Crippen LogP) is 6.05. The molecule has 0 bridgehead atoms. The summed E-state index contributed by atoms with van der Waals surface area (Å²) < 4.78 is 6.40. The number of nitrogens with one attached hydrogen (secondary N) is 2. The van der Waals surface area contributed by atoms with Crippen LogP contribution in [0.15, 0.2) is 81.1 Å². The summed E-state index contributed by atoms with van der Waals surface area (Å²) in [5.41, 5.74) is 5.31. The number of hydrogen-bond acceptors (Lipinski definition) is 6. The van der Waals surface area contributed by atoms with E-state index in [-0.39, 0.29) is 17.0 Å². The van der Waals surface area contributed by atoms with Gasteiger partial charge in [0.1, 0.15) is 16.5 Å². The van der Waals surface area contributed by atoms with Crippen LogP contribution >= 0.6 is 11.6 Å². The Hall–Kier alpha value is -4.23. The van der Waals surface area contributed by atoms with Crippen LogP contribution in [0, 0.1) is 13.8 Å². The van der Waals surface area contributed by atoms with Crippen LogP contribution in [0.3, 0.4) is 0 Å². The number of nitrogens with zero attached hydrogens (tertiary/aromatic N) is 2. The van der Waals surface area contributed by atoms with Crippen molar-refractivity contribution < 1.29 is 4.42 Å². The van der Waals surface area contributed by atoms with E-state index in [1.54, 1.807) is 37.6 Å². The summed E-state index contributed by atoms with van der Waals surface area (Å²) in [5, 5.41) is 4.35. The second-order valence-corrected chi connectivity index (χ2v) is 9.08. The van der Waals surface area contributed by atoms with Crippen molar-refractivity contribution in [3.05, 3.63) is 110 Å². The van der Waals surface area contributed by atoms with E-state index in [0.29, 0.717) is 38.7 Å². The van der Waals surface area contributed by atoms with Crippen molar-refractivity contribution >= 4 is 28.3 Å². The molecule has 5 aromatic rings. The summed E-state index contributed by atoms with van der Waals surface area (Å²) in [4.78, 5) is 36.2. The number of halogens is 1. The molecule has 7 nitrogen and oxygen atoms in total. The lowest BCUT2D eigenvalue weighted by Crippen LogP contribution is -2.13. The van der Waals surface area contributed by atoms with E-state index in [0.717, 1.165) is 22.4 Å². The second kappa shape index (κ2) is 9.43. The molecule has 1 aromatic carbocycles. The van der Waals surface area contributed by atoms with E-state index in [2.05, 4.69) is 20.3 Å². The summed E-state index contributed by atoms with van der Waals surface area (Å²) in [5.74, 6) is 0.500. The first-order chi connectivity index (χ1) is 17.3. The molecule has 0 amide bonds. The maximum absolute atomic E-state index is 13.4. The molecule has 0 saturated carbocycles. The molecular weight excluding hydrogens is 476 g/mol. The zero-order chi connectivity index (χ0) is 25.4. The molecule has 8 heteroatoms.